The number of hydrogen-bond acceptors (Lipinski definition) is 3. The van der Waals surface area contributed by atoms with E-state index in [1.165, 1.54) is 6.42 Å². The summed E-state index contributed by atoms with van der Waals surface area (Å²) < 4.78 is 0. The van der Waals surface area contributed by atoms with Crippen molar-refractivity contribution in [3.05, 3.63) is 23.3 Å². The van der Waals surface area contributed by atoms with Crippen LogP contribution in [0.1, 0.15) is 47.0 Å². The lowest BCUT2D eigenvalue weighted by Crippen LogP contribution is -2.62. The number of aliphatic hydroxyl groups excluding tert-OH is 2. The molecule has 0 aromatic heterocycles. The van der Waals surface area contributed by atoms with E-state index in [2.05, 4.69) is 32.9 Å². The van der Waals surface area contributed by atoms with Crippen molar-refractivity contribution < 1.29 is 15.3 Å². The quantitative estimate of drug-likeness (QED) is 0.651. The van der Waals surface area contributed by atoms with Gasteiger partial charge in [-0.2, -0.15) is 0 Å². The maximum absolute atomic E-state index is 11.7. The lowest BCUT2D eigenvalue weighted by molar-refractivity contribution is -0.186. The van der Waals surface area contributed by atoms with Gasteiger partial charge in [0.25, 0.3) is 0 Å². The molecule has 3 nitrogen and oxygen atoms in total. The number of aliphatic hydroxyl groups is 3. The van der Waals surface area contributed by atoms with Crippen molar-refractivity contribution in [1.29, 1.82) is 0 Å². The van der Waals surface area contributed by atoms with Crippen molar-refractivity contribution in [1.82, 2.24) is 0 Å². The smallest absolute Gasteiger partial charge is 0.133 e. The van der Waals surface area contributed by atoms with E-state index in [0.29, 0.717) is 11.8 Å². The molecular formula is C20H30O3. The summed E-state index contributed by atoms with van der Waals surface area (Å²) in [5.74, 6) is 2.32. The molecule has 0 aromatic rings. The maximum Gasteiger partial charge on any atom is 0.133 e. The molecule has 2 saturated carbocycles. The van der Waals surface area contributed by atoms with Crippen LogP contribution in [0.25, 0.3) is 0 Å². The van der Waals surface area contributed by atoms with Crippen LogP contribution in [0.2, 0.25) is 0 Å². The van der Waals surface area contributed by atoms with Crippen LogP contribution in [0.3, 0.4) is 0 Å². The van der Waals surface area contributed by atoms with Crippen LogP contribution in [0.15, 0.2) is 23.3 Å². The minimum atomic E-state index is -1.49. The van der Waals surface area contributed by atoms with Gasteiger partial charge >= 0.3 is 0 Å². The van der Waals surface area contributed by atoms with Gasteiger partial charge in [0.05, 0.1) is 0 Å². The normalized spacial score (nSPS) is 54.6. The Morgan fingerprint density at radius 2 is 1.87 bits per heavy atom. The second-order valence-corrected chi connectivity index (χ2v) is 9.04. The highest BCUT2D eigenvalue weighted by Gasteiger charge is 2.68. The summed E-state index contributed by atoms with van der Waals surface area (Å²) in [6.45, 7) is 8.25. The van der Waals surface area contributed by atoms with Gasteiger partial charge in [0.15, 0.2) is 0 Å². The van der Waals surface area contributed by atoms with Crippen molar-refractivity contribution in [2.45, 2.75) is 64.8 Å². The van der Waals surface area contributed by atoms with E-state index in [1.807, 2.05) is 6.92 Å². The van der Waals surface area contributed by atoms with Gasteiger partial charge in [-0.15, -0.1) is 0 Å². The lowest BCUT2D eigenvalue weighted by Gasteiger charge is -2.49. The van der Waals surface area contributed by atoms with Crippen molar-refractivity contribution in [3.8, 4) is 0 Å². The summed E-state index contributed by atoms with van der Waals surface area (Å²) in [6, 6.07) is 0. The van der Waals surface area contributed by atoms with Gasteiger partial charge in [0.2, 0.25) is 0 Å². The third-order valence-corrected chi connectivity index (χ3v) is 7.52. The van der Waals surface area contributed by atoms with Gasteiger partial charge in [-0.25, -0.2) is 0 Å². The first-order chi connectivity index (χ1) is 10.7. The second-order valence-electron chi connectivity index (χ2n) is 9.04. The molecule has 0 aromatic carbocycles. The monoisotopic (exact) mass is 318 g/mol. The molecule has 2 fully saturated rings. The van der Waals surface area contributed by atoms with Crippen LogP contribution < -0.4 is 0 Å². The first-order valence-electron chi connectivity index (χ1n) is 9.21. The first-order valence-corrected chi connectivity index (χ1v) is 9.21. The van der Waals surface area contributed by atoms with Gasteiger partial charge < -0.3 is 15.3 Å². The standard InChI is InChI=1S/C20H30O3/c1-10(2)15-7-14-9-19(12(4)5-13-6-16(13)14)8-11(3)17(21)20(19,23)18(15)22/h7-8,10,12-14,16-18,21-23H,5-6,9H2,1-4H3/t12-,13+,14+,16-,17+,18-,19+,20-/m1/s1. The molecule has 8 atom stereocenters. The van der Waals surface area contributed by atoms with Crippen molar-refractivity contribution >= 4 is 0 Å². The number of allylic oxidation sites excluding steroid dienone is 1. The zero-order chi connectivity index (χ0) is 16.7. The van der Waals surface area contributed by atoms with Crippen LogP contribution in [-0.2, 0) is 0 Å². The van der Waals surface area contributed by atoms with Crippen LogP contribution in [-0.4, -0.2) is 33.1 Å². The van der Waals surface area contributed by atoms with Gasteiger partial charge in [-0.05, 0) is 66.9 Å². The molecule has 4 aliphatic carbocycles. The van der Waals surface area contributed by atoms with Gasteiger partial charge in [0, 0.05) is 5.41 Å². The Morgan fingerprint density at radius 3 is 2.52 bits per heavy atom. The third-order valence-electron chi connectivity index (χ3n) is 7.52. The Bertz CT molecular complexity index is 592. The minimum Gasteiger partial charge on any atom is -0.386 e. The average molecular weight is 318 g/mol. The Morgan fingerprint density at radius 1 is 1.17 bits per heavy atom. The Labute approximate surface area is 139 Å². The topological polar surface area (TPSA) is 60.7 Å². The predicted molar refractivity (Wildman–Crippen MR) is 89.6 cm³/mol. The molecule has 2 bridgehead atoms. The minimum absolute atomic E-state index is 0.173. The molecule has 0 aliphatic heterocycles. The molecule has 4 aliphatic rings. The van der Waals surface area contributed by atoms with Gasteiger partial charge in [-0.1, -0.05) is 32.9 Å². The summed E-state index contributed by atoms with van der Waals surface area (Å²) in [7, 11) is 0. The van der Waals surface area contributed by atoms with E-state index in [-0.39, 0.29) is 11.8 Å². The number of hydrogen-bond donors (Lipinski definition) is 3. The molecule has 3 heteroatoms. The molecule has 0 amide bonds. The average Bonchev–Trinajstić information content (AvgIpc) is 3.22. The van der Waals surface area contributed by atoms with E-state index in [9.17, 15) is 15.3 Å². The molecule has 23 heavy (non-hydrogen) atoms. The summed E-state index contributed by atoms with van der Waals surface area (Å²) in [4.78, 5) is 0. The molecule has 4 rings (SSSR count). The van der Waals surface area contributed by atoms with Crippen molar-refractivity contribution in [3.63, 3.8) is 0 Å². The highest BCUT2D eigenvalue weighted by Crippen LogP contribution is 2.66. The Balaban J connectivity index is 1.93. The highest BCUT2D eigenvalue weighted by molar-refractivity contribution is 5.40. The molecule has 1 spiro atoms. The van der Waals surface area contributed by atoms with Crippen molar-refractivity contribution in [2.75, 3.05) is 0 Å². The zero-order valence-electron chi connectivity index (χ0n) is 14.7. The van der Waals surface area contributed by atoms with E-state index in [1.54, 1.807) is 0 Å². The molecule has 3 N–H and O–H groups in total. The Hall–Kier alpha value is -0.640. The largest absolute Gasteiger partial charge is 0.386 e. The number of fused-ring (bicyclic) bond motifs is 3. The molecule has 0 saturated heterocycles. The van der Waals surface area contributed by atoms with Crippen LogP contribution in [0, 0.1) is 35.0 Å². The van der Waals surface area contributed by atoms with Crippen LogP contribution in [0.5, 0.6) is 0 Å². The fraction of sp³-hybridized carbons (Fsp3) is 0.800. The predicted octanol–water partition coefficient (Wildman–Crippen LogP) is 2.66. The first kappa shape index (κ1) is 15.9. The van der Waals surface area contributed by atoms with Crippen LogP contribution in [0.4, 0.5) is 0 Å². The van der Waals surface area contributed by atoms with Gasteiger partial charge in [0.1, 0.15) is 17.8 Å². The highest BCUT2D eigenvalue weighted by atomic mass is 16.4. The SMILES string of the molecule is CC1=C[C@@]23C[C@H](C=C(C(C)C)[C@@H](O)[C@]2(O)[C@H]1O)[C@@H]1C[C@@H]1C[C@H]3C. The fourth-order valence-corrected chi connectivity index (χ4v) is 6.12. The lowest BCUT2D eigenvalue weighted by atomic mass is 9.60. The second kappa shape index (κ2) is 4.71. The van der Waals surface area contributed by atoms with E-state index >= 15 is 0 Å². The van der Waals surface area contributed by atoms with Crippen molar-refractivity contribution in [2.24, 2.45) is 35.0 Å². The van der Waals surface area contributed by atoms with E-state index < -0.39 is 23.2 Å². The molecule has 0 heterocycles. The molecular weight excluding hydrogens is 288 g/mol. The number of rotatable bonds is 1. The fourth-order valence-electron chi connectivity index (χ4n) is 6.12. The molecule has 0 radical (unpaired) electrons. The molecule has 128 valence electrons. The van der Waals surface area contributed by atoms with Crippen LogP contribution >= 0.6 is 0 Å². The maximum atomic E-state index is 11.7. The summed E-state index contributed by atoms with van der Waals surface area (Å²) in [6.07, 6.45) is 5.63. The Kier molecular flexibility index (Phi) is 3.25. The zero-order valence-corrected chi connectivity index (χ0v) is 14.7. The molecule has 0 unspecified atom stereocenters. The summed E-state index contributed by atoms with van der Waals surface area (Å²) in [5, 5.41) is 33.7. The summed E-state index contributed by atoms with van der Waals surface area (Å²) >= 11 is 0. The van der Waals surface area contributed by atoms with Gasteiger partial charge in [-0.3, -0.25) is 0 Å². The third kappa shape index (κ3) is 1.82. The van der Waals surface area contributed by atoms with E-state index in [0.717, 1.165) is 29.9 Å². The summed E-state index contributed by atoms with van der Waals surface area (Å²) in [5.41, 5.74) is -0.266. The van der Waals surface area contributed by atoms with E-state index in [4.69, 9.17) is 0 Å².